The van der Waals surface area contributed by atoms with Crippen molar-refractivity contribution in [3.8, 4) is 57.1 Å². The third kappa shape index (κ3) is 16.2. The number of pyridine rings is 6. The van der Waals surface area contributed by atoms with Crippen LogP contribution in [-0.4, -0.2) is 111 Å². The molecule has 0 radical (unpaired) electrons. The molecule has 0 saturated carbocycles. The number of ether oxygens (including phenoxy) is 2. The van der Waals surface area contributed by atoms with Crippen LogP contribution >= 0.6 is 37.7 Å². The average molecular weight is 1970 g/mol. The van der Waals surface area contributed by atoms with Crippen LogP contribution in [0.3, 0.4) is 0 Å². The molecule has 20 heteroatoms. The fraction of sp³-hybridized carbons (Fsp3) is 0.196. The van der Waals surface area contributed by atoms with Crippen LogP contribution in [0.25, 0.3) is 133 Å². The summed E-state index contributed by atoms with van der Waals surface area (Å²) >= 11 is -0.556. The first-order chi connectivity index (χ1) is 53.6. The van der Waals surface area contributed by atoms with E-state index in [9.17, 15) is 0 Å². The molecule has 18 aromatic rings. The van der Waals surface area contributed by atoms with E-state index in [1.807, 2.05) is 97.7 Å². The molecule has 0 aliphatic heterocycles. The minimum atomic E-state index is -3.06. The maximum atomic E-state index is 6.68. The van der Waals surface area contributed by atoms with Crippen molar-refractivity contribution in [2.75, 3.05) is 0 Å². The number of fused-ring (bicyclic) bond motifs is 18. The molecule has 18 rings (SSSR count). The number of nitrogens with zero attached hydrogens (tertiary/aromatic N) is 10. The van der Waals surface area contributed by atoms with Crippen molar-refractivity contribution in [2.45, 2.75) is 119 Å². The molecule has 10 heterocycles. The second-order valence-corrected chi connectivity index (χ2v) is 49.3. The number of halogens is 4. The van der Waals surface area contributed by atoms with Crippen molar-refractivity contribution >= 4 is 199 Å². The van der Waals surface area contributed by atoms with Crippen molar-refractivity contribution in [1.82, 2.24) is 47.8 Å². The van der Waals surface area contributed by atoms with E-state index >= 15 is 0 Å². The second-order valence-electron chi connectivity index (χ2n) is 29.6. The number of aromatic nitrogens is 10. The Hall–Kier alpha value is -6.21. The minimum absolute atomic E-state index is 0. The molecule has 8 aromatic carbocycles. The van der Waals surface area contributed by atoms with Gasteiger partial charge in [0.15, 0.2) is 0 Å². The number of hydrogen-bond donors (Lipinski definition) is 0. The number of rotatable bonds is 14. The van der Waals surface area contributed by atoms with Crippen LogP contribution in [0.15, 0.2) is 231 Å². The van der Waals surface area contributed by atoms with E-state index in [2.05, 4.69) is 252 Å². The Morgan fingerprint density at radius 1 is 0.357 bits per heavy atom. The van der Waals surface area contributed by atoms with Gasteiger partial charge >= 0.3 is 134 Å². The standard InChI is InChI=1S/C46H41N5O.C46H39N5O.4ClH.2K.2Pt/c2*1-27(2)30-22-36(28(3)4)44(37(23-30)29(5)6)42-26-49-46-38-24-31(17-19-35(38)45-40(51(42)46)14-11-21-48-45)52-32-16-18-34-33-12-7-8-13-39(33)50(41(34)25-32)43-15-9-10-20-47-43;;;;;;;;/h7-29H,1-6H3;7-23,26-29H,1-6H3;4*1H;;;;/q;-2;;;;;;;+2;+4/p-4. The van der Waals surface area contributed by atoms with Crippen LogP contribution in [-0.2, 0) is 33.0 Å². The third-order valence-corrected chi connectivity index (χ3v) is 20.7. The van der Waals surface area contributed by atoms with Gasteiger partial charge in [0.25, 0.3) is 0 Å². The van der Waals surface area contributed by atoms with Gasteiger partial charge in [-0.1, -0.05) is 184 Å². The van der Waals surface area contributed by atoms with E-state index in [-0.39, 0.29) is 21.1 Å². The molecule has 0 N–H and O–H groups in total. The molecule has 0 spiro atoms. The normalized spacial score (nSPS) is 12.1. The van der Waals surface area contributed by atoms with Crippen molar-refractivity contribution < 1.29 is 42.4 Å². The summed E-state index contributed by atoms with van der Waals surface area (Å²) in [6, 6.07) is 74.6. The van der Waals surface area contributed by atoms with E-state index in [0.717, 1.165) is 128 Å². The molecule has 0 fully saturated rings. The van der Waals surface area contributed by atoms with Gasteiger partial charge in [0.2, 0.25) is 0 Å². The summed E-state index contributed by atoms with van der Waals surface area (Å²) in [5.74, 6) is 6.59. The Balaban J connectivity index is 0.000000171. The van der Waals surface area contributed by atoms with Crippen LogP contribution in [0.2, 0.25) is 0 Å². The smallest absolute Gasteiger partial charge is 2.00 e. The molecular weight excluding hydrogens is 1890 g/mol. The van der Waals surface area contributed by atoms with Crippen LogP contribution in [0, 0.1) is 12.1 Å². The van der Waals surface area contributed by atoms with Crippen LogP contribution in [0.1, 0.15) is 152 Å². The summed E-state index contributed by atoms with van der Waals surface area (Å²) in [5.41, 5.74) is 22.5. The fourth-order valence-electron chi connectivity index (χ4n) is 15.5. The Kier molecular flexibility index (Phi) is 25.7. The first-order valence-electron chi connectivity index (χ1n) is 37.9. The van der Waals surface area contributed by atoms with Crippen LogP contribution in [0.5, 0.6) is 23.0 Å². The summed E-state index contributed by atoms with van der Waals surface area (Å²) < 4.78 is 22.2. The van der Waals surface area contributed by atoms with Gasteiger partial charge in [0.1, 0.15) is 28.8 Å². The van der Waals surface area contributed by atoms with Crippen LogP contribution < -0.4 is 9.47 Å². The van der Waals surface area contributed by atoms with Gasteiger partial charge in [0.05, 0.1) is 56.3 Å². The Morgan fingerprint density at radius 3 is 1.29 bits per heavy atom. The zero-order chi connectivity index (χ0) is 77.8. The summed E-state index contributed by atoms with van der Waals surface area (Å²) in [4.78, 5) is 29.5. The van der Waals surface area contributed by atoms with Gasteiger partial charge < -0.3 is 18.4 Å². The van der Waals surface area contributed by atoms with Crippen molar-refractivity contribution in [3.05, 3.63) is 277 Å². The SMILES string of the molecule is CC(C)c1cc(C(C)C)c(-c2cnc3c4[c-]c(Oc5[c-]c6c(cc5)c5ccccc5n6-c5ccccn5)ccc4c4ncccc4n23)c(C(C)C)c1.CC(C)c1cc(C(C)C)c(-c2cnc3c4cc(Oc5ccc6c7ccccc7n(-c7ccccn7)c6c5)ccc4c4ncccc4n23)c(C(C)C)c1.[Cl][Pt]([Cl])([Cl])[Cl].[K][K].[Pt+2]. The molecule has 560 valence electrons. The summed E-state index contributed by atoms with van der Waals surface area (Å²) in [5, 5.41) is 8.43. The molecule has 10 aromatic heterocycles. The average Bonchev–Trinajstić information content (AvgIpc) is 1.52. The quantitative estimate of drug-likeness (QED) is 0.0601. The molecule has 0 aliphatic rings. The molecule has 0 atom stereocenters. The zero-order valence-corrected chi connectivity index (χ0v) is 78.7. The zero-order valence-electron chi connectivity index (χ0n) is 64.8. The number of imidazole rings is 2. The van der Waals surface area contributed by atoms with E-state index in [0.29, 0.717) is 47.0 Å². The molecule has 112 heavy (non-hydrogen) atoms. The van der Waals surface area contributed by atoms with E-state index in [4.69, 9.17) is 72.1 Å². The van der Waals surface area contributed by atoms with Gasteiger partial charge in [0, 0.05) is 86.7 Å². The third-order valence-electron chi connectivity index (χ3n) is 20.7. The van der Waals surface area contributed by atoms with Crippen molar-refractivity contribution in [1.29, 1.82) is 0 Å². The Bertz CT molecular complexity index is 6100. The molecule has 0 aliphatic carbocycles. The van der Waals surface area contributed by atoms with Gasteiger partial charge in [-0.2, -0.15) is 6.07 Å². The molecule has 12 nitrogen and oxygen atoms in total. The topological polar surface area (TPSA) is 114 Å². The molecule has 0 saturated heterocycles. The monoisotopic (exact) mass is 1960 g/mol. The first kappa shape index (κ1) is 82.3. The second kappa shape index (κ2) is 34.9. The number of benzene rings is 8. The van der Waals surface area contributed by atoms with E-state index < -0.39 is 11.9 Å². The van der Waals surface area contributed by atoms with Gasteiger partial charge in [-0.3, -0.25) is 23.9 Å². The largest absolute Gasteiger partial charge is 2.00 e. The van der Waals surface area contributed by atoms with Crippen molar-refractivity contribution in [2.24, 2.45) is 0 Å². The van der Waals surface area contributed by atoms with Crippen molar-refractivity contribution in [3.63, 3.8) is 0 Å². The molecule has 0 amide bonds. The van der Waals surface area contributed by atoms with Gasteiger partial charge in [-0.05, 0) is 165 Å². The predicted molar refractivity (Wildman–Crippen MR) is 461 cm³/mol. The van der Waals surface area contributed by atoms with Gasteiger partial charge in [-0.25, -0.2) is 15.0 Å². The minimum Gasteiger partial charge on any atom is 2.00 e. The Morgan fingerprint density at radius 2 is 0.768 bits per heavy atom. The molecular formula is C92H80Cl4K2N10O2Pt2. The maximum Gasteiger partial charge on any atom is 2.00 e. The summed E-state index contributed by atoms with van der Waals surface area (Å²) in [7, 11) is 20.0. The fourth-order valence-corrected chi connectivity index (χ4v) is 15.5. The summed E-state index contributed by atoms with van der Waals surface area (Å²) in [6.07, 6.45) is 11.5. The maximum absolute atomic E-state index is 6.68. The van der Waals surface area contributed by atoms with Gasteiger partial charge in [-0.15, -0.1) is 23.6 Å². The summed E-state index contributed by atoms with van der Waals surface area (Å²) in [6.45, 7) is 27.4. The number of para-hydroxylation sites is 2. The molecule has 0 bridgehead atoms. The van der Waals surface area contributed by atoms with Crippen LogP contribution in [0.4, 0.5) is 0 Å². The number of hydrogen-bond acceptors (Lipinski definition) is 8. The molecule has 0 unspecified atom stereocenters. The predicted octanol–water partition coefficient (Wildman–Crippen LogP) is 26.3. The van der Waals surface area contributed by atoms with E-state index in [1.54, 1.807) is 0 Å². The first-order valence-corrected chi connectivity index (χ1v) is 65.1. The Labute approximate surface area is 731 Å². The van der Waals surface area contributed by atoms with E-state index in [1.165, 1.54) is 113 Å².